The van der Waals surface area contributed by atoms with Gasteiger partial charge in [-0.1, -0.05) is 0 Å². The third-order valence-electron chi connectivity index (χ3n) is 3.71. The Balaban J connectivity index is 1.67. The molecule has 0 fully saturated rings. The van der Waals surface area contributed by atoms with Crippen LogP contribution in [0.25, 0.3) is 0 Å². The minimum Gasteiger partial charge on any atom is -0.486 e. The fraction of sp³-hybridized carbons (Fsp3) is 0.286. The van der Waals surface area contributed by atoms with E-state index in [4.69, 9.17) is 9.47 Å². The molecule has 1 aromatic carbocycles. The van der Waals surface area contributed by atoms with Gasteiger partial charge in [-0.05, 0) is 12.1 Å². The summed E-state index contributed by atoms with van der Waals surface area (Å²) in [5, 5.41) is 0. The zero-order valence-electron chi connectivity index (χ0n) is 11.6. The molecule has 4 rings (SSSR count). The second-order valence-corrected chi connectivity index (χ2v) is 7.01. The van der Waals surface area contributed by atoms with Crippen molar-refractivity contribution < 1.29 is 17.9 Å². The summed E-state index contributed by atoms with van der Waals surface area (Å²) in [5.74, 6) is 1.03. The van der Waals surface area contributed by atoms with Gasteiger partial charge in [0, 0.05) is 24.4 Å². The Kier molecular flexibility index (Phi) is 3.02. The van der Waals surface area contributed by atoms with E-state index in [0.717, 1.165) is 11.3 Å². The van der Waals surface area contributed by atoms with Crippen molar-refractivity contribution in [3.05, 3.63) is 42.0 Å². The number of benzene rings is 1. The average Bonchev–Trinajstić information content (AvgIpc) is 2.99. The lowest BCUT2D eigenvalue weighted by Gasteiger charge is -2.20. The Bertz CT molecular complexity index is 813. The number of sulfonamides is 1. The molecule has 0 spiro atoms. The molecule has 0 bridgehead atoms. The molecule has 2 aliphatic heterocycles. The number of nitrogens with zero attached hydrogens (tertiary/aromatic N) is 3. The van der Waals surface area contributed by atoms with Gasteiger partial charge in [0.2, 0.25) is 10.0 Å². The van der Waals surface area contributed by atoms with Crippen molar-refractivity contribution in [2.24, 2.45) is 0 Å². The first-order valence-corrected chi connectivity index (χ1v) is 8.26. The van der Waals surface area contributed by atoms with Gasteiger partial charge in [0.05, 0.1) is 17.1 Å². The van der Waals surface area contributed by atoms with Crippen LogP contribution in [0.1, 0.15) is 11.3 Å². The molecule has 1 aromatic heterocycles. The highest BCUT2D eigenvalue weighted by Crippen LogP contribution is 2.34. The van der Waals surface area contributed by atoms with Crippen LogP contribution in [0.2, 0.25) is 0 Å². The van der Waals surface area contributed by atoms with Crippen molar-refractivity contribution >= 4 is 10.0 Å². The SMILES string of the molecule is O=S(=O)(c1ccc2c(c1)OCCO2)N1Cc2cncnc2C1. The molecule has 7 nitrogen and oxygen atoms in total. The summed E-state index contributed by atoms with van der Waals surface area (Å²) in [7, 11) is -3.61. The number of hydrogen-bond acceptors (Lipinski definition) is 6. The zero-order valence-corrected chi connectivity index (χ0v) is 12.4. The summed E-state index contributed by atoms with van der Waals surface area (Å²) >= 11 is 0. The van der Waals surface area contributed by atoms with Crippen LogP contribution in [0.5, 0.6) is 11.5 Å². The molecule has 0 radical (unpaired) electrons. The van der Waals surface area contributed by atoms with E-state index >= 15 is 0 Å². The molecule has 0 aliphatic carbocycles. The van der Waals surface area contributed by atoms with E-state index in [1.165, 1.54) is 22.8 Å². The normalized spacial score (nSPS) is 17.3. The van der Waals surface area contributed by atoms with Gasteiger partial charge in [0.15, 0.2) is 11.5 Å². The van der Waals surface area contributed by atoms with Crippen LogP contribution in [0.4, 0.5) is 0 Å². The predicted molar refractivity (Wildman–Crippen MR) is 75.9 cm³/mol. The second-order valence-electron chi connectivity index (χ2n) is 5.07. The summed E-state index contributed by atoms with van der Waals surface area (Å²) in [6.45, 7) is 1.43. The maximum atomic E-state index is 12.8. The van der Waals surface area contributed by atoms with E-state index in [1.54, 1.807) is 12.3 Å². The van der Waals surface area contributed by atoms with E-state index < -0.39 is 10.0 Å². The minimum atomic E-state index is -3.61. The molecule has 0 saturated heterocycles. The lowest BCUT2D eigenvalue weighted by molar-refractivity contribution is 0.171. The standard InChI is InChI=1S/C14H13N3O4S/c18-22(19,17-7-10-6-15-9-16-12(10)8-17)11-1-2-13-14(5-11)21-4-3-20-13/h1-2,5-6,9H,3-4,7-8H2. The Labute approximate surface area is 127 Å². The van der Waals surface area contributed by atoms with Crippen molar-refractivity contribution in [3.8, 4) is 11.5 Å². The van der Waals surface area contributed by atoms with Crippen molar-refractivity contribution in [1.29, 1.82) is 0 Å². The highest BCUT2D eigenvalue weighted by molar-refractivity contribution is 7.89. The third kappa shape index (κ3) is 2.11. The fourth-order valence-corrected chi connectivity index (χ4v) is 3.97. The molecule has 0 N–H and O–H groups in total. The van der Waals surface area contributed by atoms with Gasteiger partial charge in [0.1, 0.15) is 19.5 Å². The molecular formula is C14H13N3O4S. The lowest BCUT2D eigenvalue weighted by Crippen LogP contribution is -2.26. The molecular weight excluding hydrogens is 306 g/mol. The summed E-state index contributed by atoms with van der Waals surface area (Å²) in [4.78, 5) is 8.25. The minimum absolute atomic E-state index is 0.192. The Morgan fingerprint density at radius 2 is 1.91 bits per heavy atom. The van der Waals surface area contributed by atoms with E-state index in [2.05, 4.69) is 9.97 Å². The highest BCUT2D eigenvalue weighted by atomic mass is 32.2. The Morgan fingerprint density at radius 3 is 2.73 bits per heavy atom. The van der Waals surface area contributed by atoms with Crippen LogP contribution < -0.4 is 9.47 Å². The van der Waals surface area contributed by atoms with Crippen LogP contribution in [-0.2, 0) is 23.1 Å². The smallest absolute Gasteiger partial charge is 0.243 e. The lowest BCUT2D eigenvalue weighted by atomic mass is 10.3. The zero-order chi connectivity index (χ0) is 15.2. The molecule has 3 heterocycles. The van der Waals surface area contributed by atoms with E-state index in [9.17, 15) is 8.42 Å². The van der Waals surface area contributed by atoms with Crippen molar-refractivity contribution in [2.45, 2.75) is 18.0 Å². The number of aromatic nitrogens is 2. The molecule has 0 saturated carbocycles. The molecule has 8 heteroatoms. The van der Waals surface area contributed by atoms with Crippen molar-refractivity contribution in [2.75, 3.05) is 13.2 Å². The Hall–Kier alpha value is -2.19. The molecule has 2 aromatic rings. The van der Waals surface area contributed by atoms with Gasteiger partial charge in [-0.25, -0.2) is 18.4 Å². The summed E-state index contributed by atoms with van der Waals surface area (Å²) < 4.78 is 37.8. The molecule has 0 atom stereocenters. The highest BCUT2D eigenvalue weighted by Gasteiger charge is 2.32. The van der Waals surface area contributed by atoms with Gasteiger partial charge in [-0.3, -0.25) is 0 Å². The maximum absolute atomic E-state index is 12.8. The van der Waals surface area contributed by atoms with E-state index in [-0.39, 0.29) is 18.0 Å². The first kappa shape index (κ1) is 13.5. The van der Waals surface area contributed by atoms with E-state index in [1.807, 2.05) is 0 Å². The topological polar surface area (TPSA) is 81.6 Å². The van der Waals surface area contributed by atoms with Gasteiger partial charge in [0.25, 0.3) is 0 Å². The maximum Gasteiger partial charge on any atom is 0.243 e. The Morgan fingerprint density at radius 1 is 1.09 bits per heavy atom. The number of fused-ring (bicyclic) bond motifs is 2. The second kappa shape index (κ2) is 4.92. The third-order valence-corrected chi connectivity index (χ3v) is 5.49. The van der Waals surface area contributed by atoms with Gasteiger partial charge in [-0.15, -0.1) is 0 Å². The van der Waals surface area contributed by atoms with Crippen LogP contribution in [0, 0.1) is 0 Å². The van der Waals surface area contributed by atoms with Crippen LogP contribution >= 0.6 is 0 Å². The largest absolute Gasteiger partial charge is 0.486 e. The summed E-state index contributed by atoms with van der Waals surface area (Å²) in [5.41, 5.74) is 1.58. The van der Waals surface area contributed by atoms with Crippen LogP contribution in [-0.4, -0.2) is 35.9 Å². The predicted octanol–water partition coefficient (Wildman–Crippen LogP) is 0.952. The quantitative estimate of drug-likeness (QED) is 0.820. The molecule has 22 heavy (non-hydrogen) atoms. The molecule has 114 valence electrons. The van der Waals surface area contributed by atoms with Crippen molar-refractivity contribution in [1.82, 2.24) is 14.3 Å². The van der Waals surface area contributed by atoms with Crippen LogP contribution in [0.3, 0.4) is 0 Å². The number of rotatable bonds is 2. The van der Waals surface area contributed by atoms with Gasteiger partial charge < -0.3 is 9.47 Å². The summed E-state index contributed by atoms with van der Waals surface area (Å²) in [6, 6.07) is 4.68. The van der Waals surface area contributed by atoms with E-state index in [0.29, 0.717) is 24.7 Å². The molecule has 2 aliphatic rings. The monoisotopic (exact) mass is 319 g/mol. The van der Waals surface area contributed by atoms with Gasteiger partial charge >= 0.3 is 0 Å². The van der Waals surface area contributed by atoms with Crippen molar-refractivity contribution in [3.63, 3.8) is 0 Å². The fourth-order valence-electron chi connectivity index (χ4n) is 2.57. The van der Waals surface area contributed by atoms with Crippen LogP contribution in [0.15, 0.2) is 35.6 Å². The first-order chi connectivity index (χ1) is 10.6. The average molecular weight is 319 g/mol. The first-order valence-electron chi connectivity index (χ1n) is 6.82. The molecule has 0 unspecified atom stereocenters. The number of hydrogen-bond donors (Lipinski definition) is 0. The molecule has 0 amide bonds. The van der Waals surface area contributed by atoms with Gasteiger partial charge in [-0.2, -0.15) is 4.31 Å². The number of ether oxygens (including phenoxy) is 2. The summed E-state index contributed by atoms with van der Waals surface area (Å²) in [6.07, 6.45) is 3.08.